The van der Waals surface area contributed by atoms with Gasteiger partial charge in [0.1, 0.15) is 5.82 Å². The van der Waals surface area contributed by atoms with E-state index >= 15 is 0 Å². The molecule has 1 aliphatic rings. The van der Waals surface area contributed by atoms with Gasteiger partial charge < -0.3 is 16.4 Å². The molecule has 1 aromatic carbocycles. The molecule has 1 fully saturated rings. The number of rotatable bonds is 4. The van der Waals surface area contributed by atoms with Crippen molar-refractivity contribution in [2.24, 2.45) is 11.7 Å². The van der Waals surface area contributed by atoms with Crippen LogP contribution in [-0.4, -0.2) is 18.6 Å². The van der Waals surface area contributed by atoms with Crippen LogP contribution < -0.4 is 16.4 Å². The van der Waals surface area contributed by atoms with E-state index in [-0.39, 0.29) is 11.7 Å². The van der Waals surface area contributed by atoms with Gasteiger partial charge >= 0.3 is 6.03 Å². The molecule has 0 saturated heterocycles. The van der Waals surface area contributed by atoms with E-state index in [0.29, 0.717) is 12.5 Å². The van der Waals surface area contributed by atoms with E-state index in [1.165, 1.54) is 12.1 Å². The Bertz CT molecular complexity index is 406. The zero-order valence-corrected chi connectivity index (χ0v) is 9.45. The molecule has 1 aromatic rings. The number of hydrogen-bond donors (Lipinski definition) is 3. The Hall–Kier alpha value is -1.62. The average molecular weight is 237 g/mol. The molecule has 1 atom stereocenters. The summed E-state index contributed by atoms with van der Waals surface area (Å²) in [4.78, 5) is 11.5. The minimum Gasteiger partial charge on any atom is -0.336 e. The maximum atomic E-state index is 13.2. The number of anilines is 1. The summed E-state index contributed by atoms with van der Waals surface area (Å²) in [5.74, 6) is 0.0814. The molecule has 1 unspecified atom stereocenters. The van der Waals surface area contributed by atoms with E-state index in [1.54, 1.807) is 12.1 Å². The van der Waals surface area contributed by atoms with E-state index in [1.807, 2.05) is 0 Å². The second-order valence-electron chi connectivity index (χ2n) is 4.32. The van der Waals surface area contributed by atoms with Crippen LogP contribution in [-0.2, 0) is 0 Å². The lowest BCUT2D eigenvalue weighted by Crippen LogP contribution is -2.40. The van der Waals surface area contributed by atoms with Gasteiger partial charge in [0.05, 0.1) is 5.69 Å². The summed E-state index contributed by atoms with van der Waals surface area (Å²) in [6.07, 6.45) is 2.27. The minimum absolute atomic E-state index is 0.00127. The van der Waals surface area contributed by atoms with Crippen LogP contribution in [0.25, 0.3) is 0 Å². The molecule has 4 N–H and O–H groups in total. The second kappa shape index (κ2) is 5.14. The quantitative estimate of drug-likeness (QED) is 0.746. The number of nitrogens with two attached hydrogens (primary N) is 1. The molecular formula is C12H16FN3O. The predicted molar refractivity (Wildman–Crippen MR) is 64.1 cm³/mol. The van der Waals surface area contributed by atoms with Crippen molar-refractivity contribution in [3.05, 3.63) is 30.1 Å². The Kier molecular flexibility index (Phi) is 3.58. The third kappa shape index (κ3) is 3.42. The number of carbonyl (C=O) groups is 1. The average Bonchev–Trinajstić information content (AvgIpc) is 3.13. The maximum Gasteiger partial charge on any atom is 0.319 e. The monoisotopic (exact) mass is 237 g/mol. The van der Waals surface area contributed by atoms with Gasteiger partial charge in [-0.15, -0.1) is 0 Å². The van der Waals surface area contributed by atoms with Gasteiger partial charge in [0.15, 0.2) is 0 Å². The fraction of sp³-hybridized carbons (Fsp3) is 0.417. The molecule has 0 aromatic heterocycles. The van der Waals surface area contributed by atoms with E-state index in [9.17, 15) is 9.18 Å². The Labute approximate surface area is 99.4 Å². The van der Waals surface area contributed by atoms with Gasteiger partial charge in [-0.1, -0.05) is 12.1 Å². The first kappa shape index (κ1) is 11.9. The lowest BCUT2D eigenvalue weighted by Gasteiger charge is -2.12. The Morgan fingerprint density at radius 1 is 1.47 bits per heavy atom. The number of nitrogens with one attached hydrogen (secondary N) is 2. The summed E-state index contributed by atoms with van der Waals surface area (Å²) in [5, 5.41) is 5.08. The third-order valence-electron chi connectivity index (χ3n) is 2.85. The van der Waals surface area contributed by atoms with Crippen molar-refractivity contribution >= 4 is 11.7 Å². The summed E-state index contributed by atoms with van der Waals surface area (Å²) in [7, 11) is 0. The van der Waals surface area contributed by atoms with Crippen molar-refractivity contribution in [2.45, 2.75) is 18.9 Å². The summed E-state index contributed by atoms with van der Waals surface area (Å²) in [6, 6.07) is 5.62. The predicted octanol–water partition coefficient (Wildman–Crippen LogP) is 1.68. The highest BCUT2D eigenvalue weighted by molar-refractivity contribution is 5.89. The standard InChI is InChI=1S/C12H16FN3O/c13-9-3-1-2-4-11(9)16-12(17)15-7-10(14)8-5-6-8/h1-4,8,10H,5-7,14H2,(H2,15,16,17). The number of hydrogen-bond acceptors (Lipinski definition) is 2. The molecule has 5 heteroatoms. The molecule has 17 heavy (non-hydrogen) atoms. The first-order chi connectivity index (χ1) is 8.16. The van der Waals surface area contributed by atoms with Gasteiger partial charge in [0.2, 0.25) is 0 Å². The number of benzene rings is 1. The molecule has 2 rings (SSSR count). The second-order valence-corrected chi connectivity index (χ2v) is 4.32. The number of urea groups is 1. The van der Waals surface area contributed by atoms with Crippen LogP contribution in [0.3, 0.4) is 0 Å². The molecule has 1 aliphatic carbocycles. The molecule has 0 radical (unpaired) electrons. The lowest BCUT2D eigenvalue weighted by atomic mass is 10.2. The maximum absolute atomic E-state index is 13.2. The normalized spacial score (nSPS) is 16.4. The molecule has 1 saturated carbocycles. The van der Waals surface area contributed by atoms with Crippen molar-refractivity contribution in [3.63, 3.8) is 0 Å². The van der Waals surface area contributed by atoms with E-state index in [0.717, 1.165) is 12.8 Å². The Morgan fingerprint density at radius 3 is 2.82 bits per heavy atom. The van der Waals surface area contributed by atoms with Gasteiger partial charge in [0.25, 0.3) is 0 Å². The van der Waals surface area contributed by atoms with Crippen LogP contribution >= 0.6 is 0 Å². The van der Waals surface area contributed by atoms with Crippen LogP contribution in [0.1, 0.15) is 12.8 Å². The molecular weight excluding hydrogens is 221 g/mol. The lowest BCUT2D eigenvalue weighted by molar-refractivity contribution is 0.251. The first-order valence-electron chi connectivity index (χ1n) is 5.72. The fourth-order valence-corrected chi connectivity index (χ4v) is 1.63. The van der Waals surface area contributed by atoms with Gasteiger partial charge in [0, 0.05) is 12.6 Å². The van der Waals surface area contributed by atoms with Crippen LogP contribution in [0.5, 0.6) is 0 Å². The molecule has 0 aliphatic heterocycles. The van der Waals surface area contributed by atoms with E-state index in [4.69, 9.17) is 5.73 Å². The van der Waals surface area contributed by atoms with Crippen LogP contribution in [0.4, 0.5) is 14.9 Å². The minimum atomic E-state index is -0.450. The smallest absolute Gasteiger partial charge is 0.319 e. The number of amides is 2. The number of para-hydroxylation sites is 1. The molecule has 0 heterocycles. The van der Waals surface area contributed by atoms with E-state index < -0.39 is 11.8 Å². The highest BCUT2D eigenvalue weighted by atomic mass is 19.1. The van der Waals surface area contributed by atoms with Gasteiger partial charge in [-0.3, -0.25) is 0 Å². The zero-order chi connectivity index (χ0) is 12.3. The van der Waals surface area contributed by atoms with Gasteiger partial charge in [-0.2, -0.15) is 0 Å². The summed E-state index contributed by atoms with van der Waals surface area (Å²) in [5.41, 5.74) is 6.01. The largest absolute Gasteiger partial charge is 0.336 e. The summed E-state index contributed by atoms with van der Waals surface area (Å²) in [6.45, 7) is 0.422. The molecule has 0 bridgehead atoms. The fourth-order valence-electron chi connectivity index (χ4n) is 1.63. The van der Waals surface area contributed by atoms with Crippen LogP contribution in [0.15, 0.2) is 24.3 Å². The van der Waals surface area contributed by atoms with Gasteiger partial charge in [-0.25, -0.2) is 9.18 Å². The summed E-state index contributed by atoms with van der Waals surface area (Å²) < 4.78 is 13.2. The zero-order valence-electron chi connectivity index (χ0n) is 9.45. The molecule has 4 nitrogen and oxygen atoms in total. The first-order valence-corrected chi connectivity index (χ1v) is 5.72. The van der Waals surface area contributed by atoms with E-state index in [2.05, 4.69) is 10.6 Å². The van der Waals surface area contributed by atoms with Crippen molar-refractivity contribution in [3.8, 4) is 0 Å². The molecule has 0 spiro atoms. The third-order valence-corrected chi connectivity index (χ3v) is 2.85. The van der Waals surface area contributed by atoms with Crippen LogP contribution in [0.2, 0.25) is 0 Å². The number of halogens is 1. The SMILES string of the molecule is NC(CNC(=O)Nc1ccccc1F)C1CC1. The Morgan fingerprint density at radius 2 is 2.18 bits per heavy atom. The Balaban J connectivity index is 1.78. The summed E-state index contributed by atoms with van der Waals surface area (Å²) >= 11 is 0. The van der Waals surface area contributed by atoms with Gasteiger partial charge in [-0.05, 0) is 30.9 Å². The highest BCUT2D eigenvalue weighted by Crippen LogP contribution is 2.31. The van der Waals surface area contributed by atoms with Crippen molar-refractivity contribution in [1.29, 1.82) is 0 Å². The number of carbonyl (C=O) groups excluding carboxylic acids is 1. The molecule has 2 amide bonds. The molecule has 92 valence electrons. The van der Waals surface area contributed by atoms with Crippen molar-refractivity contribution < 1.29 is 9.18 Å². The highest BCUT2D eigenvalue weighted by Gasteiger charge is 2.28. The van der Waals surface area contributed by atoms with Crippen molar-refractivity contribution in [1.82, 2.24) is 5.32 Å². The van der Waals surface area contributed by atoms with Crippen molar-refractivity contribution in [2.75, 3.05) is 11.9 Å². The topological polar surface area (TPSA) is 67.1 Å². The van der Waals surface area contributed by atoms with Crippen LogP contribution in [0, 0.1) is 11.7 Å².